The molecular weight excluding hydrogens is 288 g/mol. The van der Waals surface area contributed by atoms with Gasteiger partial charge in [0, 0.05) is 5.41 Å². The minimum atomic E-state index is 0.426. The van der Waals surface area contributed by atoms with Gasteiger partial charge in [-0.05, 0) is 68.5 Å². The highest BCUT2D eigenvalue weighted by molar-refractivity contribution is 6.23. The third-order valence-electron chi connectivity index (χ3n) is 7.35. The summed E-state index contributed by atoms with van der Waals surface area (Å²) in [5.41, 5.74) is 2.55. The van der Waals surface area contributed by atoms with E-state index in [1.54, 1.807) is 5.56 Å². The van der Waals surface area contributed by atoms with Crippen molar-refractivity contribution < 1.29 is 0 Å². The summed E-state index contributed by atoms with van der Waals surface area (Å²) in [4.78, 5) is 0. The number of hydrogen-bond acceptors (Lipinski definition) is 0. The monoisotopic (exact) mass is 306 g/mol. The summed E-state index contributed by atoms with van der Waals surface area (Å²) in [6, 6.07) is 20.8. The molecule has 0 radical (unpaired) electrons. The van der Waals surface area contributed by atoms with E-state index in [1.807, 2.05) is 0 Å². The van der Waals surface area contributed by atoms with Crippen LogP contribution in [0.15, 0.2) is 66.7 Å². The lowest BCUT2D eigenvalue weighted by Gasteiger charge is -2.25. The topological polar surface area (TPSA) is 0 Å². The third kappa shape index (κ3) is 1.14. The van der Waals surface area contributed by atoms with E-state index in [0.717, 1.165) is 5.92 Å². The second-order valence-electron chi connectivity index (χ2n) is 8.27. The Bertz CT molecular complexity index is 1180. The standard InChI is InChI=1S/C24H18/c1-2-15-4-5-17-7-9-20(19-8-6-16(3-1)21(15)22(17)19)24-14-18(24)10-11-23(24)12-13-23/h1-11,18H,12-14H2. The molecule has 7 rings (SSSR count). The molecule has 3 aliphatic carbocycles. The van der Waals surface area contributed by atoms with Crippen LogP contribution in [0, 0.1) is 11.3 Å². The van der Waals surface area contributed by atoms with E-state index in [2.05, 4.69) is 66.7 Å². The van der Waals surface area contributed by atoms with Crippen LogP contribution < -0.4 is 0 Å². The van der Waals surface area contributed by atoms with E-state index in [9.17, 15) is 0 Å². The lowest BCUT2D eigenvalue weighted by atomic mass is 9.77. The first-order valence-electron chi connectivity index (χ1n) is 9.19. The molecule has 0 amide bonds. The molecule has 0 aliphatic heterocycles. The molecule has 24 heavy (non-hydrogen) atoms. The summed E-state index contributed by atoms with van der Waals surface area (Å²) in [6.07, 6.45) is 9.22. The maximum Gasteiger partial charge on any atom is 0.0119 e. The summed E-state index contributed by atoms with van der Waals surface area (Å²) in [5.74, 6) is 0.790. The van der Waals surface area contributed by atoms with Crippen molar-refractivity contribution in [1.29, 1.82) is 0 Å². The Labute approximate surface area is 141 Å². The van der Waals surface area contributed by atoms with Crippen molar-refractivity contribution in [3.63, 3.8) is 0 Å². The van der Waals surface area contributed by atoms with Gasteiger partial charge in [0.05, 0.1) is 0 Å². The molecule has 0 N–H and O–H groups in total. The Morgan fingerprint density at radius 3 is 2.21 bits per heavy atom. The molecule has 2 saturated carbocycles. The molecule has 0 aromatic heterocycles. The summed E-state index contributed by atoms with van der Waals surface area (Å²) >= 11 is 0. The lowest BCUT2D eigenvalue weighted by molar-refractivity contribution is 0.479. The van der Waals surface area contributed by atoms with Gasteiger partial charge in [-0.3, -0.25) is 0 Å². The average molecular weight is 306 g/mol. The maximum atomic E-state index is 2.55. The van der Waals surface area contributed by atoms with E-state index < -0.39 is 0 Å². The number of rotatable bonds is 1. The zero-order valence-corrected chi connectivity index (χ0v) is 13.5. The Hall–Kier alpha value is -2.34. The number of allylic oxidation sites excluding steroid dienone is 2. The molecule has 2 atom stereocenters. The van der Waals surface area contributed by atoms with E-state index in [-0.39, 0.29) is 0 Å². The highest BCUT2D eigenvalue weighted by atomic mass is 14.8. The molecule has 0 saturated heterocycles. The van der Waals surface area contributed by atoms with Crippen LogP contribution in [0.1, 0.15) is 24.8 Å². The second kappa shape index (κ2) is 3.52. The molecular formula is C24H18. The van der Waals surface area contributed by atoms with Gasteiger partial charge >= 0.3 is 0 Å². The van der Waals surface area contributed by atoms with Crippen molar-refractivity contribution >= 4 is 32.3 Å². The first-order valence-corrected chi connectivity index (χ1v) is 9.19. The fourth-order valence-corrected chi connectivity index (χ4v) is 5.99. The molecule has 2 unspecified atom stereocenters. The first kappa shape index (κ1) is 12.1. The quantitative estimate of drug-likeness (QED) is 0.290. The van der Waals surface area contributed by atoms with Crippen molar-refractivity contribution in [3.05, 3.63) is 72.3 Å². The average Bonchev–Trinajstić information content (AvgIpc) is 3.51. The normalized spacial score (nSPS) is 29.1. The van der Waals surface area contributed by atoms with Crippen LogP contribution in [0.3, 0.4) is 0 Å². The molecule has 0 nitrogen and oxygen atoms in total. The SMILES string of the molecule is C1=CC2(CC2)C2(c3ccc4ccc5cccc6ccc3c4c56)CC12. The van der Waals surface area contributed by atoms with E-state index in [1.165, 1.54) is 51.6 Å². The minimum Gasteiger partial charge on any atom is -0.0839 e. The smallest absolute Gasteiger partial charge is 0.0119 e. The minimum absolute atomic E-state index is 0.426. The highest BCUT2D eigenvalue weighted by Crippen LogP contribution is 2.78. The Morgan fingerprint density at radius 2 is 1.46 bits per heavy atom. The van der Waals surface area contributed by atoms with Crippen LogP contribution >= 0.6 is 0 Å². The van der Waals surface area contributed by atoms with Crippen LogP contribution in [0.2, 0.25) is 0 Å². The fourth-order valence-electron chi connectivity index (χ4n) is 5.99. The van der Waals surface area contributed by atoms with Gasteiger partial charge < -0.3 is 0 Å². The number of hydrogen-bond donors (Lipinski definition) is 0. The van der Waals surface area contributed by atoms with Gasteiger partial charge in [0.1, 0.15) is 0 Å². The predicted molar refractivity (Wildman–Crippen MR) is 101 cm³/mol. The summed E-state index contributed by atoms with van der Waals surface area (Å²) in [6.45, 7) is 0. The van der Waals surface area contributed by atoms with Crippen LogP contribution in [0.4, 0.5) is 0 Å². The van der Waals surface area contributed by atoms with Crippen molar-refractivity contribution in [2.45, 2.75) is 24.7 Å². The van der Waals surface area contributed by atoms with Gasteiger partial charge in [-0.1, -0.05) is 66.7 Å². The highest BCUT2D eigenvalue weighted by Gasteiger charge is 2.73. The van der Waals surface area contributed by atoms with Crippen molar-refractivity contribution in [2.24, 2.45) is 11.3 Å². The summed E-state index contributed by atoms with van der Waals surface area (Å²) in [7, 11) is 0. The number of fused-ring (bicyclic) bond motifs is 2. The van der Waals surface area contributed by atoms with E-state index >= 15 is 0 Å². The fraction of sp³-hybridized carbons (Fsp3) is 0.250. The molecule has 4 aromatic carbocycles. The predicted octanol–water partition coefficient (Wildman–Crippen LogP) is 6.19. The van der Waals surface area contributed by atoms with Crippen molar-refractivity contribution in [1.82, 2.24) is 0 Å². The molecule has 0 heteroatoms. The first-order chi connectivity index (χ1) is 11.8. The molecule has 4 aromatic rings. The second-order valence-corrected chi connectivity index (χ2v) is 8.27. The zero-order chi connectivity index (χ0) is 15.5. The van der Waals surface area contributed by atoms with E-state index in [4.69, 9.17) is 0 Å². The molecule has 1 spiro atoms. The molecule has 3 aliphatic rings. The summed E-state index contributed by atoms with van der Waals surface area (Å²) < 4.78 is 0. The Morgan fingerprint density at radius 1 is 0.750 bits per heavy atom. The van der Waals surface area contributed by atoms with Gasteiger partial charge in [0.15, 0.2) is 0 Å². The van der Waals surface area contributed by atoms with Crippen LogP contribution in [-0.4, -0.2) is 0 Å². The van der Waals surface area contributed by atoms with Gasteiger partial charge in [-0.2, -0.15) is 0 Å². The molecule has 0 heterocycles. The van der Waals surface area contributed by atoms with Crippen molar-refractivity contribution in [3.8, 4) is 0 Å². The van der Waals surface area contributed by atoms with Crippen LogP contribution in [0.25, 0.3) is 32.3 Å². The van der Waals surface area contributed by atoms with Gasteiger partial charge in [0.2, 0.25) is 0 Å². The maximum absolute atomic E-state index is 2.55. The lowest BCUT2D eigenvalue weighted by Crippen LogP contribution is -2.19. The Kier molecular flexibility index (Phi) is 1.77. The molecule has 0 bridgehead atoms. The third-order valence-corrected chi connectivity index (χ3v) is 7.35. The zero-order valence-electron chi connectivity index (χ0n) is 13.5. The molecule has 114 valence electrons. The van der Waals surface area contributed by atoms with Crippen LogP contribution in [-0.2, 0) is 5.41 Å². The largest absolute Gasteiger partial charge is 0.0839 e. The van der Waals surface area contributed by atoms with E-state index in [0.29, 0.717) is 10.8 Å². The van der Waals surface area contributed by atoms with Crippen molar-refractivity contribution in [2.75, 3.05) is 0 Å². The van der Waals surface area contributed by atoms with Crippen LogP contribution in [0.5, 0.6) is 0 Å². The Balaban J connectivity index is 1.66. The molecule has 2 fully saturated rings. The van der Waals surface area contributed by atoms with Gasteiger partial charge in [-0.25, -0.2) is 0 Å². The number of benzene rings is 4. The van der Waals surface area contributed by atoms with Gasteiger partial charge in [0.25, 0.3) is 0 Å². The van der Waals surface area contributed by atoms with Gasteiger partial charge in [-0.15, -0.1) is 0 Å². The summed E-state index contributed by atoms with van der Waals surface area (Å²) in [5, 5.41) is 8.60.